The van der Waals surface area contributed by atoms with E-state index in [2.05, 4.69) is 5.32 Å². The first-order valence-corrected chi connectivity index (χ1v) is 9.49. The molecule has 0 aromatic rings. The van der Waals surface area contributed by atoms with Gasteiger partial charge in [0.15, 0.2) is 0 Å². The summed E-state index contributed by atoms with van der Waals surface area (Å²) in [6, 6.07) is 0.369. The molecule has 2 aliphatic rings. The van der Waals surface area contributed by atoms with Crippen molar-refractivity contribution in [2.24, 2.45) is 5.92 Å². The molecule has 0 bridgehead atoms. The maximum absolute atomic E-state index is 12.3. The van der Waals surface area contributed by atoms with Gasteiger partial charge in [0.1, 0.15) is 0 Å². The average molecular weight is 304 g/mol. The highest BCUT2D eigenvalue weighted by Gasteiger charge is 2.30. The van der Waals surface area contributed by atoms with Crippen molar-refractivity contribution in [2.45, 2.75) is 57.6 Å². The third-order valence-electron chi connectivity index (χ3n) is 4.71. The van der Waals surface area contributed by atoms with Crippen molar-refractivity contribution in [3.63, 3.8) is 0 Å². The predicted molar refractivity (Wildman–Crippen MR) is 80.0 cm³/mol. The number of nitrogens with zero attached hydrogens (tertiary/aromatic N) is 1. The maximum Gasteiger partial charge on any atom is 0.214 e. The maximum atomic E-state index is 12.3. The summed E-state index contributed by atoms with van der Waals surface area (Å²) < 4.78 is 26.3. The monoisotopic (exact) mass is 304 g/mol. The van der Waals surface area contributed by atoms with E-state index in [0.29, 0.717) is 19.1 Å². The van der Waals surface area contributed by atoms with E-state index in [-0.39, 0.29) is 17.8 Å². The molecule has 0 amide bonds. The van der Waals surface area contributed by atoms with Crippen molar-refractivity contribution >= 4 is 10.0 Å². The number of sulfonamides is 1. The lowest BCUT2D eigenvalue weighted by molar-refractivity contribution is 0.0912. The van der Waals surface area contributed by atoms with Crippen LogP contribution in [0.1, 0.15) is 45.4 Å². The summed E-state index contributed by atoms with van der Waals surface area (Å²) in [6.07, 6.45) is 5.45. The van der Waals surface area contributed by atoms with Crippen molar-refractivity contribution in [1.82, 2.24) is 9.62 Å². The van der Waals surface area contributed by atoms with Gasteiger partial charge in [-0.1, -0.05) is 6.42 Å². The van der Waals surface area contributed by atoms with Crippen LogP contribution in [0.5, 0.6) is 0 Å². The Morgan fingerprint density at radius 3 is 2.50 bits per heavy atom. The first-order chi connectivity index (χ1) is 9.49. The van der Waals surface area contributed by atoms with Gasteiger partial charge in [-0.2, -0.15) is 0 Å². The fourth-order valence-electron chi connectivity index (χ4n) is 3.23. The zero-order valence-electron chi connectivity index (χ0n) is 12.4. The lowest BCUT2D eigenvalue weighted by Gasteiger charge is -2.33. The van der Waals surface area contributed by atoms with E-state index in [4.69, 9.17) is 0 Å². The van der Waals surface area contributed by atoms with Crippen LogP contribution in [0.4, 0.5) is 0 Å². The molecule has 0 aromatic heterocycles. The van der Waals surface area contributed by atoms with Crippen molar-refractivity contribution in [3.05, 3.63) is 0 Å². The van der Waals surface area contributed by atoms with Crippen LogP contribution < -0.4 is 5.32 Å². The topological polar surface area (TPSA) is 69.6 Å². The van der Waals surface area contributed by atoms with Crippen LogP contribution in [0.25, 0.3) is 0 Å². The lowest BCUT2D eigenvalue weighted by atomic mass is 9.93. The molecule has 0 aliphatic carbocycles. The first kappa shape index (κ1) is 16.2. The molecule has 0 aromatic carbocycles. The molecule has 2 aliphatic heterocycles. The van der Waals surface area contributed by atoms with Gasteiger partial charge in [0.2, 0.25) is 10.0 Å². The molecule has 5 nitrogen and oxygen atoms in total. The molecule has 118 valence electrons. The number of rotatable bonds is 5. The number of nitrogens with one attached hydrogen (secondary N) is 1. The molecule has 6 heteroatoms. The van der Waals surface area contributed by atoms with Gasteiger partial charge in [0.25, 0.3) is 0 Å². The van der Waals surface area contributed by atoms with Gasteiger partial charge in [0, 0.05) is 19.1 Å². The SMILES string of the molecule is CC(O)C1CCN(S(=O)(=O)CCC2CCCCN2)CC1. The molecule has 2 rings (SSSR count). The highest BCUT2D eigenvalue weighted by molar-refractivity contribution is 7.89. The minimum atomic E-state index is -3.12. The summed E-state index contributed by atoms with van der Waals surface area (Å²) in [4.78, 5) is 0. The van der Waals surface area contributed by atoms with E-state index in [0.717, 1.165) is 32.2 Å². The summed E-state index contributed by atoms with van der Waals surface area (Å²) in [5.74, 6) is 0.505. The highest BCUT2D eigenvalue weighted by atomic mass is 32.2. The second-order valence-corrected chi connectivity index (χ2v) is 8.32. The second-order valence-electron chi connectivity index (χ2n) is 6.23. The van der Waals surface area contributed by atoms with E-state index >= 15 is 0 Å². The third-order valence-corrected chi connectivity index (χ3v) is 6.61. The first-order valence-electron chi connectivity index (χ1n) is 7.88. The van der Waals surface area contributed by atoms with E-state index < -0.39 is 10.0 Å². The smallest absolute Gasteiger partial charge is 0.214 e. The largest absolute Gasteiger partial charge is 0.393 e. The standard InChI is InChI=1S/C14H28N2O3S/c1-12(17)13-5-9-16(10-6-13)20(18,19)11-7-14-4-2-3-8-15-14/h12-15,17H,2-11H2,1H3. The third kappa shape index (κ3) is 4.41. The summed E-state index contributed by atoms with van der Waals surface area (Å²) in [7, 11) is -3.12. The van der Waals surface area contributed by atoms with Crippen LogP contribution in [-0.4, -0.2) is 55.4 Å². The van der Waals surface area contributed by atoms with Gasteiger partial charge >= 0.3 is 0 Å². The van der Waals surface area contributed by atoms with Gasteiger partial charge in [-0.05, 0) is 51.5 Å². The molecule has 2 atom stereocenters. The summed E-state index contributed by atoms with van der Waals surface area (Å²) in [5, 5.41) is 13.0. The quantitative estimate of drug-likeness (QED) is 0.793. The molecule has 2 unspecified atom stereocenters. The number of hydrogen-bond donors (Lipinski definition) is 2. The van der Waals surface area contributed by atoms with Gasteiger partial charge < -0.3 is 10.4 Å². The van der Waals surface area contributed by atoms with Crippen molar-refractivity contribution in [1.29, 1.82) is 0 Å². The van der Waals surface area contributed by atoms with E-state index in [1.54, 1.807) is 11.2 Å². The Labute approximate surface area is 122 Å². The zero-order chi connectivity index (χ0) is 14.6. The number of hydrogen-bond acceptors (Lipinski definition) is 4. The number of aliphatic hydroxyl groups is 1. The van der Waals surface area contributed by atoms with Crippen LogP contribution in [0.15, 0.2) is 0 Å². The molecule has 0 spiro atoms. The normalized spacial score (nSPS) is 28.4. The average Bonchev–Trinajstić information content (AvgIpc) is 2.46. The molecule has 0 radical (unpaired) electrons. The van der Waals surface area contributed by atoms with Gasteiger partial charge in [-0.3, -0.25) is 0 Å². The summed E-state index contributed by atoms with van der Waals surface area (Å²) in [6.45, 7) is 3.94. The minimum absolute atomic E-state index is 0.251. The molecule has 2 fully saturated rings. The predicted octanol–water partition coefficient (Wildman–Crippen LogP) is 0.941. The Morgan fingerprint density at radius 1 is 1.25 bits per heavy atom. The Morgan fingerprint density at radius 2 is 1.95 bits per heavy atom. The van der Waals surface area contributed by atoms with E-state index in [9.17, 15) is 13.5 Å². The Balaban J connectivity index is 1.78. The molecular weight excluding hydrogens is 276 g/mol. The minimum Gasteiger partial charge on any atom is -0.393 e. The van der Waals surface area contributed by atoms with Crippen molar-refractivity contribution in [2.75, 3.05) is 25.4 Å². The molecular formula is C14H28N2O3S. The fourth-order valence-corrected chi connectivity index (χ4v) is 4.83. The van der Waals surface area contributed by atoms with E-state index in [1.807, 2.05) is 0 Å². The lowest BCUT2D eigenvalue weighted by Crippen LogP contribution is -2.43. The molecule has 2 N–H and O–H groups in total. The Hall–Kier alpha value is -0.170. The Kier molecular flexibility index (Phi) is 5.84. The highest BCUT2D eigenvalue weighted by Crippen LogP contribution is 2.23. The van der Waals surface area contributed by atoms with Crippen LogP contribution in [-0.2, 0) is 10.0 Å². The number of piperidine rings is 2. The molecule has 0 saturated carbocycles. The van der Waals surface area contributed by atoms with Gasteiger partial charge in [0.05, 0.1) is 11.9 Å². The van der Waals surface area contributed by atoms with Crippen molar-refractivity contribution < 1.29 is 13.5 Å². The number of aliphatic hydroxyl groups excluding tert-OH is 1. The molecule has 20 heavy (non-hydrogen) atoms. The van der Waals surface area contributed by atoms with Crippen molar-refractivity contribution in [3.8, 4) is 0 Å². The van der Waals surface area contributed by atoms with E-state index in [1.165, 1.54) is 12.8 Å². The van der Waals surface area contributed by atoms with Gasteiger partial charge in [-0.15, -0.1) is 0 Å². The fraction of sp³-hybridized carbons (Fsp3) is 1.00. The van der Waals surface area contributed by atoms with Crippen LogP contribution in [0, 0.1) is 5.92 Å². The second kappa shape index (κ2) is 7.20. The van der Waals surface area contributed by atoms with Crippen LogP contribution in [0.2, 0.25) is 0 Å². The molecule has 2 heterocycles. The van der Waals surface area contributed by atoms with Gasteiger partial charge in [-0.25, -0.2) is 12.7 Å². The molecule has 2 saturated heterocycles. The zero-order valence-corrected chi connectivity index (χ0v) is 13.2. The Bertz CT molecular complexity index is 383. The summed E-state index contributed by atoms with van der Waals surface area (Å²) in [5.41, 5.74) is 0. The summed E-state index contributed by atoms with van der Waals surface area (Å²) >= 11 is 0. The van der Waals surface area contributed by atoms with Crippen LogP contribution in [0.3, 0.4) is 0 Å². The van der Waals surface area contributed by atoms with Crippen LogP contribution >= 0.6 is 0 Å².